The molecule has 148 valence electrons. The molecule has 8 heteroatoms. The standard InChI is InChI=1S/C20H23FN4O3/c21-16-3-1-15(2-4-16)11-20(26)25-6-5-17(13-25)28-19-12-18(22-14-23-19)24-7-9-27-10-8-24/h1-4,12,14,17H,5-11,13H2. The highest BCUT2D eigenvalue weighted by Crippen LogP contribution is 2.21. The summed E-state index contributed by atoms with van der Waals surface area (Å²) in [5.41, 5.74) is 0.807. The van der Waals surface area contributed by atoms with Gasteiger partial charge in [0.05, 0.1) is 26.2 Å². The number of rotatable bonds is 5. The predicted octanol–water partition coefficient (Wildman–Crippen LogP) is 1.67. The number of hydrogen-bond acceptors (Lipinski definition) is 6. The molecule has 1 aromatic carbocycles. The molecule has 0 spiro atoms. The Bertz CT molecular complexity index is 811. The van der Waals surface area contributed by atoms with Crippen molar-refractivity contribution in [3.63, 3.8) is 0 Å². The average molecular weight is 386 g/mol. The molecule has 1 amide bonds. The maximum atomic E-state index is 13.0. The number of morpholine rings is 1. The van der Waals surface area contributed by atoms with E-state index in [0.29, 0.717) is 32.2 Å². The van der Waals surface area contributed by atoms with Crippen LogP contribution in [-0.4, -0.2) is 66.3 Å². The lowest BCUT2D eigenvalue weighted by Crippen LogP contribution is -2.36. The molecular weight excluding hydrogens is 363 g/mol. The largest absolute Gasteiger partial charge is 0.472 e. The molecule has 3 heterocycles. The maximum absolute atomic E-state index is 13.0. The molecule has 2 aliphatic rings. The van der Waals surface area contributed by atoms with Crippen LogP contribution >= 0.6 is 0 Å². The first-order valence-corrected chi connectivity index (χ1v) is 9.51. The van der Waals surface area contributed by atoms with Crippen LogP contribution in [-0.2, 0) is 16.0 Å². The molecule has 1 atom stereocenters. The van der Waals surface area contributed by atoms with E-state index in [2.05, 4.69) is 14.9 Å². The minimum atomic E-state index is -0.299. The van der Waals surface area contributed by atoms with Crippen LogP contribution in [0, 0.1) is 5.82 Å². The summed E-state index contributed by atoms with van der Waals surface area (Å²) >= 11 is 0. The summed E-state index contributed by atoms with van der Waals surface area (Å²) in [6, 6.07) is 7.88. The first-order valence-electron chi connectivity index (χ1n) is 9.51. The Morgan fingerprint density at radius 3 is 2.75 bits per heavy atom. The van der Waals surface area contributed by atoms with Gasteiger partial charge in [-0.05, 0) is 17.7 Å². The summed E-state index contributed by atoms with van der Waals surface area (Å²) in [5, 5.41) is 0. The molecule has 0 bridgehead atoms. The van der Waals surface area contributed by atoms with Gasteiger partial charge in [-0.2, -0.15) is 0 Å². The molecule has 28 heavy (non-hydrogen) atoms. The van der Waals surface area contributed by atoms with Gasteiger partial charge in [-0.15, -0.1) is 0 Å². The number of carbonyl (C=O) groups excluding carboxylic acids is 1. The Hall–Kier alpha value is -2.74. The van der Waals surface area contributed by atoms with Gasteiger partial charge in [0.1, 0.15) is 24.1 Å². The van der Waals surface area contributed by atoms with Gasteiger partial charge >= 0.3 is 0 Å². The van der Waals surface area contributed by atoms with E-state index in [1.807, 2.05) is 6.07 Å². The van der Waals surface area contributed by atoms with Crippen LogP contribution in [0.25, 0.3) is 0 Å². The van der Waals surface area contributed by atoms with Crippen molar-refractivity contribution in [1.29, 1.82) is 0 Å². The highest BCUT2D eigenvalue weighted by atomic mass is 19.1. The number of hydrogen-bond donors (Lipinski definition) is 0. The van der Waals surface area contributed by atoms with Crippen LogP contribution in [0.2, 0.25) is 0 Å². The summed E-state index contributed by atoms with van der Waals surface area (Å²) < 4.78 is 24.4. The van der Waals surface area contributed by atoms with Crippen molar-refractivity contribution >= 4 is 11.7 Å². The summed E-state index contributed by atoms with van der Waals surface area (Å²) in [4.78, 5) is 25.0. The Labute approximate surface area is 163 Å². The molecule has 2 saturated heterocycles. The third-order valence-corrected chi connectivity index (χ3v) is 5.02. The van der Waals surface area contributed by atoms with Crippen molar-refractivity contribution in [3.05, 3.63) is 48.0 Å². The van der Waals surface area contributed by atoms with Crippen molar-refractivity contribution in [2.45, 2.75) is 18.9 Å². The highest BCUT2D eigenvalue weighted by molar-refractivity contribution is 5.79. The van der Waals surface area contributed by atoms with Crippen molar-refractivity contribution in [3.8, 4) is 5.88 Å². The van der Waals surface area contributed by atoms with Gasteiger partial charge in [0, 0.05) is 32.1 Å². The van der Waals surface area contributed by atoms with Crippen LogP contribution in [0.1, 0.15) is 12.0 Å². The van der Waals surface area contributed by atoms with Crippen LogP contribution in [0.5, 0.6) is 5.88 Å². The molecule has 1 unspecified atom stereocenters. The van der Waals surface area contributed by atoms with Crippen molar-refractivity contribution in [1.82, 2.24) is 14.9 Å². The van der Waals surface area contributed by atoms with E-state index in [0.717, 1.165) is 30.9 Å². The van der Waals surface area contributed by atoms with E-state index in [9.17, 15) is 9.18 Å². The van der Waals surface area contributed by atoms with Gasteiger partial charge in [0.25, 0.3) is 0 Å². The van der Waals surface area contributed by atoms with Crippen LogP contribution in [0.3, 0.4) is 0 Å². The minimum absolute atomic E-state index is 0.0226. The topological polar surface area (TPSA) is 67.8 Å². The second kappa shape index (κ2) is 8.52. The van der Waals surface area contributed by atoms with Gasteiger partial charge < -0.3 is 19.3 Å². The third kappa shape index (κ3) is 4.56. The summed E-state index contributed by atoms with van der Waals surface area (Å²) in [6.07, 6.45) is 2.44. The fraction of sp³-hybridized carbons (Fsp3) is 0.450. The molecule has 0 radical (unpaired) electrons. The van der Waals surface area contributed by atoms with Gasteiger partial charge in [0.2, 0.25) is 11.8 Å². The van der Waals surface area contributed by atoms with E-state index in [1.165, 1.54) is 18.5 Å². The zero-order valence-corrected chi connectivity index (χ0v) is 15.6. The Morgan fingerprint density at radius 2 is 1.96 bits per heavy atom. The second-order valence-corrected chi connectivity index (χ2v) is 6.99. The molecular formula is C20H23FN4O3. The van der Waals surface area contributed by atoms with Gasteiger partial charge in [0.15, 0.2) is 0 Å². The van der Waals surface area contributed by atoms with Crippen LogP contribution in [0.15, 0.2) is 36.7 Å². The average Bonchev–Trinajstić information content (AvgIpc) is 3.19. The monoisotopic (exact) mass is 386 g/mol. The number of benzene rings is 1. The molecule has 4 rings (SSSR count). The maximum Gasteiger partial charge on any atom is 0.227 e. The second-order valence-electron chi connectivity index (χ2n) is 6.99. The molecule has 2 fully saturated rings. The molecule has 0 aliphatic carbocycles. The van der Waals surface area contributed by atoms with E-state index in [-0.39, 0.29) is 24.2 Å². The number of carbonyl (C=O) groups is 1. The van der Waals surface area contributed by atoms with E-state index < -0.39 is 0 Å². The quantitative estimate of drug-likeness (QED) is 0.779. The first-order chi connectivity index (χ1) is 13.7. The number of aromatic nitrogens is 2. The molecule has 1 aromatic heterocycles. The minimum Gasteiger partial charge on any atom is -0.472 e. The van der Waals surface area contributed by atoms with Gasteiger partial charge in [-0.25, -0.2) is 14.4 Å². The smallest absolute Gasteiger partial charge is 0.227 e. The number of ether oxygens (including phenoxy) is 2. The molecule has 0 N–H and O–H groups in total. The lowest BCUT2D eigenvalue weighted by Gasteiger charge is -2.27. The van der Waals surface area contributed by atoms with Gasteiger partial charge in [-0.1, -0.05) is 12.1 Å². The molecule has 2 aliphatic heterocycles. The normalized spacial score (nSPS) is 19.7. The Morgan fingerprint density at radius 1 is 1.18 bits per heavy atom. The van der Waals surface area contributed by atoms with E-state index in [4.69, 9.17) is 9.47 Å². The first kappa shape index (κ1) is 18.6. The Kier molecular flexibility index (Phi) is 5.66. The predicted molar refractivity (Wildman–Crippen MR) is 101 cm³/mol. The number of halogens is 1. The fourth-order valence-corrected chi connectivity index (χ4v) is 3.47. The number of anilines is 1. The molecule has 2 aromatic rings. The number of nitrogens with zero attached hydrogens (tertiary/aromatic N) is 4. The van der Waals surface area contributed by atoms with Crippen LogP contribution < -0.4 is 9.64 Å². The summed E-state index contributed by atoms with van der Waals surface area (Å²) in [6.45, 7) is 4.14. The SMILES string of the molecule is O=C(Cc1ccc(F)cc1)N1CCC(Oc2cc(N3CCOCC3)ncn2)C1. The summed E-state index contributed by atoms with van der Waals surface area (Å²) in [5.74, 6) is 1.08. The fourth-order valence-electron chi connectivity index (χ4n) is 3.47. The number of likely N-dealkylation sites (tertiary alicyclic amines) is 1. The van der Waals surface area contributed by atoms with E-state index in [1.54, 1.807) is 17.0 Å². The summed E-state index contributed by atoms with van der Waals surface area (Å²) in [7, 11) is 0. The lowest BCUT2D eigenvalue weighted by atomic mass is 10.1. The zero-order chi connectivity index (χ0) is 19.3. The third-order valence-electron chi connectivity index (χ3n) is 5.02. The highest BCUT2D eigenvalue weighted by Gasteiger charge is 2.28. The van der Waals surface area contributed by atoms with Crippen molar-refractivity contribution < 1.29 is 18.7 Å². The lowest BCUT2D eigenvalue weighted by molar-refractivity contribution is -0.129. The van der Waals surface area contributed by atoms with Crippen molar-refractivity contribution in [2.24, 2.45) is 0 Å². The number of amides is 1. The molecule has 7 nitrogen and oxygen atoms in total. The van der Waals surface area contributed by atoms with E-state index >= 15 is 0 Å². The Balaban J connectivity index is 1.32. The van der Waals surface area contributed by atoms with Crippen molar-refractivity contribution in [2.75, 3.05) is 44.3 Å². The zero-order valence-electron chi connectivity index (χ0n) is 15.6. The van der Waals surface area contributed by atoms with Crippen LogP contribution in [0.4, 0.5) is 10.2 Å². The molecule has 0 saturated carbocycles. The van der Waals surface area contributed by atoms with Gasteiger partial charge in [-0.3, -0.25) is 4.79 Å².